The lowest BCUT2D eigenvalue weighted by Crippen LogP contribution is -2.19. The summed E-state index contributed by atoms with van der Waals surface area (Å²) >= 11 is 0. The Labute approximate surface area is 118 Å². The summed E-state index contributed by atoms with van der Waals surface area (Å²) in [5.74, 6) is -1.36. The fourth-order valence-corrected chi connectivity index (χ4v) is 1.20. The fraction of sp³-hybridized carbons (Fsp3) is 0.308. The van der Waals surface area contributed by atoms with Gasteiger partial charge in [-0.1, -0.05) is 0 Å². The zero-order chi connectivity index (χ0) is 15.9. The molecule has 0 aliphatic heterocycles. The van der Waals surface area contributed by atoms with Crippen LogP contribution in [0, 0.1) is 0 Å². The molecule has 0 aromatic carbocycles. The summed E-state index contributed by atoms with van der Waals surface area (Å²) < 4.78 is 44.8. The molecule has 5 nitrogen and oxygen atoms in total. The molecule has 0 fully saturated rings. The predicted molar refractivity (Wildman–Crippen MR) is 65.9 cm³/mol. The van der Waals surface area contributed by atoms with Crippen molar-refractivity contribution < 1.29 is 32.2 Å². The number of aromatic nitrogens is 1. The van der Waals surface area contributed by atoms with Gasteiger partial charge in [-0.15, -0.1) is 0 Å². The number of pyridine rings is 1. The highest BCUT2D eigenvalue weighted by molar-refractivity contribution is 6.05. The van der Waals surface area contributed by atoms with Crippen LogP contribution in [0.4, 0.5) is 13.2 Å². The predicted octanol–water partition coefficient (Wildman–Crippen LogP) is 2.32. The third-order valence-electron chi connectivity index (χ3n) is 2.05. The first-order valence-electron chi connectivity index (χ1n) is 5.86. The highest BCUT2D eigenvalue weighted by Gasteiger charge is 2.28. The highest BCUT2D eigenvalue weighted by Crippen LogP contribution is 2.17. The molecule has 114 valence electrons. The molecule has 0 atom stereocenters. The van der Waals surface area contributed by atoms with Crippen molar-refractivity contribution in [3.63, 3.8) is 0 Å². The van der Waals surface area contributed by atoms with E-state index in [1.807, 2.05) is 0 Å². The Morgan fingerprint density at radius 2 is 2.00 bits per heavy atom. The zero-order valence-electron chi connectivity index (χ0n) is 11.0. The van der Waals surface area contributed by atoms with Crippen LogP contribution >= 0.6 is 0 Å². The van der Waals surface area contributed by atoms with E-state index in [9.17, 15) is 22.8 Å². The van der Waals surface area contributed by atoms with E-state index >= 15 is 0 Å². The molecule has 0 saturated carbocycles. The minimum Gasteiger partial charge on any atom is -0.483 e. The van der Waals surface area contributed by atoms with Crippen molar-refractivity contribution >= 4 is 11.8 Å². The molecule has 8 heteroatoms. The first-order chi connectivity index (χ1) is 9.81. The van der Waals surface area contributed by atoms with Crippen LogP contribution in [0.25, 0.3) is 0 Å². The fourth-order valence-electron chi connectivity index (χ4n) is 1.20. The lowest BCUT2D eigenvalue weighted by molar-refractivity contribution is -0.153. The Morgan fingerprint density at radius 1 is 1.29 bits per heavy atom. The average Bonchev–Trinajstić information content (AvgIpc) is 2.42. The van der Waals surface area contributed by atoms with E-state index in [0.717, 1.165) is 18.3 Å². The molecule has 1 rings (SSSR count). The second-order valence-corrected chi connectivity index (χ2v) is 3.73. The van der Waals surface area contributed by atoms with Gasteiger partial charge in [-0.3, -0.25) is 4.79 Å². The topological polar surface area (TPSA) is 65.5 Å². The van der Waals surface area contributed by atoms with Crippen LogP contribution in [-0.2, 0) is 9.53 Å². The number of rotatable bonds is 6. The third kappa shape index (κ3) is 6.55. The summed E-state index contributed by atoms with van der Waals surface area (Å²) in [5.41, 5.74) is -0.0325. The van der Waals surface area contributed by atoms with Crippen molar-refractivity contribution in [2.45, 2.75) is 13.1 Å². The van der Waals surface area contributed by atoms with Gasteiger partial charge in [0.2, 0.25) is 5.78 Å². The summed E-state index contributed by atoms with van der Waals surface area (Å²) in [6, 6.07) is 2.38. The summed E-state index contributed by atoms with van der Waals surface area (Å²) in [7, 11) is 0. The number of allylic oxidation sites excluding steroid dienone is 1. The molecule has 1 aromatic rings. The Kier molecular flexibility index (Phi) is 5.89. The van der Waals surface area contributed by atoms with Crippen molar-refractivity contribution in [1.82, 2.24) is 4.98 Å². The summed E-state index contributed by atoms with van der Waals surface area (Å²) in [6.45, 7) is 0.361. The van der Waals surface area contributed by atoms with Crippen LogP contribution in [0.1, 0.15) is 17.4 Å². The second-order valence-electron chi connectivity index (χ2n) is 3.73. The van der Waals surface area contributed by atoms with Crippen LogP contribution < -0.4 is 4.74 Å². The van der Waals surface area contributed by atoms with Gasteiger partial charge in [0.1, 0.15) is 11.4 Å². The Balaban J connectivity index is 2.61. The number of ether oxygens (including phenoxy) is 2. The molecular formula is C13H12F3NO4. The Bertz CT molecular complexity index is 523. The highest BCUT2D eigenvalue weighted by atomic mass is 19.4. The molecular weight excluding hydrogens is 291 g/mol. The molecule has 0 radical (unpaired) electrons. The van der Waals surface area contributed by atoms with E-state index in [0.29, 0.717) is 0 Å². The zero-order valence-corrected chi connectivity index (χ0v) is 11.0. The quantitative estimate of drug-likeness (QED) is 0.458. The SMILES string of the molecule is CCOC(=O)/C=C/C(=O)c1ccc(OCC(F)(F)F)cn1. The second kappa shape index (κ2) is 7.41. The molecule has 0 N–H and O–H groups in total. The molecule has 1 aromatic heterocycles. The molecule has 0 aliphatic carbocycles. The number of esters is 1. The molecule has 0 amide bonds. The van der Waals surface area contributed by atoms with E-state index < -0.39 is 24.5 Å². The van der Waals surface area contributed by atoms with Crippen molar-refractivity contribution in [3.8, 4) is 5.75 Å². The molecule has 0 spiro atoms. The van der Waals surface area contributed by atoms with Crippen LogP contribution in [0.15, 0.2) is 30.5 Å². The first kappa shape index (κ1) is 16.7. The van der Waals surface area contributed by atoms with Gasteiger partial charge >= 0.3 is 12.1 Å². The summed E-state index contributed by atoms with van der Waals surface area (Å²) in [5, 5.41) is 0. The maximum atomic E-state index is 11.9. The van der Waals surface area contributed by atoms with Gasteiger partial charge in [0.15, 0.2) is 6.61 Å². The van der Waals surface area contributed by atoms with Gasteiger partial charge in [-0.2, -0.15) is 13.2 Å². The lowest BCUT2D eigenvalue weighted by Gasteiger charge is -2.08. The van der Waals surface area contributed by atoms with Gasteiger partial charge < -0.3 is 9.47 Å². The van der Waals surface area contributed by atoms with E-state index in [2.05, 4.69) is 14.5 Å². The van der Waals surface area contributed by atoms with Gasteiger partial charge in [0.05, 0.1) is 12.8 Å². The van der Waals surface area contributed by atoms with Gasteiger partial charge in [0, 0.05) is 6.08 Å². The Morgan fingerprint density at radius 3 is 2.52 bits per heavy atom. The molecule has 0 unspecified atom stereocenters. The van der Waals surface area contributed by atoms with Gasteiger partial charge in [0.25, 0.3) is 0 Å². The molecule has 0 saturated heterocycles. The maximum absolute atomic E-state index is 11.9. The lowest BCUT2D eigenvalue weighted by atomic mass is 10.2. The van der Waals surface area contributed by atoms with Crippen LogP contribution in [0.2, 0.25) is 0 Å². The maximum Gasteiger partial charge on any atom is 0.422 e. The largest absolute Gasteiger partial charge is 0.483 e. The van der Waals surface area contributed by atoms with Crippen molar-refractivity contribution in [2.75, 3.05) is 13.2 Å². The monoisotopic (exact) mass is 303 g/mol. The number of carbonyl (C=O) groups is 2. The van der Waals surface area contributed by atoms with Crippen molar-refractivity contribution in [3.05, 3.63) is 36.2 Å². The van der Waals surface area contributed by atoms with E-state index in [4.69, 9.17) is 0 Å². The van der Waals surface area contributed by atoms with E-state index in [1.54, 1.807) is 6.92 Å². The number of hydrogen-bond acceptors (Lipinski definition) is 5. The minimum atomic E-state index is -4.45. The number of alkyl halides is 3. The smallest absolute Gasteiger partial charge is 0.422 e. The molecule has 0 aliphatic rings. The number of ketones is 1. The standard InChI is InChI=1S/C13H12F3NO4/c1-2-20-12(19)6-5-11(18)10-4-3-9(7-17-10)21-8-13(14,15)16/h3-7H,2,8H2,1H3/b6-5+. The van der Waals surface area contributed by atoms with Gasteiger partial charge in [-0.05, 0) is 25.1 Å². The number of nitrogens with zero attached hydrogens (tertiary/aromatic N) is 1. The van der Waals surface area contributed by atoms with Crippen LogP contribution in [0.3, 0.4) is 0 Å². The number of hydrogen-bond donors (Lipinski definition) is 0. The van der Waals surface area contributed by atoms with Crippen LogP contribution in [-0.4, -0.2) is 36.1 Å². The third-order valence-corrected chi connectivity index (χ3v) is 2.05. The number of carbonyl (C=O) groups excluding carboxylic acids is 2. The summed E-state index contributed by atoms with van der Waals surface area (Å²) in [6.07, 6.45) is -1.54. The molecule has 21 heavy (non-hydrogen) atoms. The van der Waals surface area contributed by atoms with E-state index in [-0.39, 0.29) is 18.1 Å². The van der Waals surface area contributed by atoms with Gasteiger partial charge in [-0.25, -0.2) is 9.78 Å². The van der Waals surface area contributed by atoms with Crippen molar-refractivity contribution in [2.24, 2.45) is 0 Å². The van der Waals surface area contributed by atoms with Crippen molar-refractivity contribution in [1.29, 1.82) is 0 Å². The minimum absolute atomic E-state index is 0.0325. The molecule has 0 bridgehead atoms. The Hall–Kier alpha value is -2.38. The first-order valence-corrected chi connectivity index (χ1v) is 5.86. The van der Waals surface area contributed by atoms with E-state index in [1.165, 1.54) is 12.1 Å². The number of halogens is 3. The normalized spacial score (nSPS) is 11.4. The average molecular weight is 303 g/mol. The summed E-state index contributed by atoms with van der Waals surface area (Å²) in [4.78, 5) is 26.3. The van der Waals surface area contributed by atoms with Crippen LogP contribution in [0.5, 0.6) is 5.75 Å². The molecule has 1 heterocycles.